The molecule has 9 nitrogen and oxygen atoms in total. The Balaban J connectivity index is 1.20. The third-order valence-electron chi connectivity index (χ3n) is 7.96. The first kappa shape index (κ1) is 31.1. The number of fused-ring (bicyclic) bond motifs is 1. The number of para-hydroxylation sites is 1. The van der Waals surface area contributed by atoms with Crippen LogP contribution in [-0.4, -0.2) is 47.9 Å². The van der Waals surface area contributed by atoms with Gasteiger partial charge in [-0.05, 0) is 94.3 Å². The Hall–Kier alpha value is -3.31. The smallest absolute Gasteiger partial charge is 0.253 e. The summed E-state index contributed by atoms with van der Waals surface area (Å²) in [6.07, 6.45) is 1.93. The van der Waals surface area contributed by atoms with Crippen molar-refractivity contribution in [1.82, 2.24) is 19.6 Å². The molecule has 2 aromatic heterocycles. The van der Waals surface area contributed by atoms with Crippen molar-refractivity contribution in [3.8, 4) is 5.75 Å². The first-order chi connectivity index (χ1) is 20.4. The second kappa shape index (κ2) is 12.7. The average Bonchev–Trinajstić information content (AvgIpc) is 3.64. The summed E-state index contributed by atoms with van der Waals surface area (Å²) in [6.45, 7) is 8.11. The highest BCUT2D eigenvalue weighted by Gasteiger charge is 2.28. The van der Waals surface area contributed by atoms with Gasteiger partial charge < -0.3 is 24.7 Å². The van der Waals surface area contributed by atoms with Crippen LogP contribution in [0.4, 0.5) is 0 Å². The van der Waals surface area contributed by atoms with Crippen LogP contribution < -0.4 is 14.8 Å². The van der Waals surface area contributed by atoms with E-state index in [0.717, 1.165) is 62.6 Å². The quantitative estimate of drug-likeness (QED) is 0.114. The summed E-state index contributed by atoms with van der Waals surface area (Å²) in [5.41, 5.74) is 6.38. The molecule has 11 heteroatoms. The van der Waals surface area contributed by atoms with Crippen LogP contribution in [0.15, 0.2) is 42.5 Å². The Morgan fingerprint density at radius 2 is 1.84 bits per heavy atom. The molecule has 1 fully saturated rings. The minimum atomic E-state index is -3.93. The molecule has 230 valence electrons. The van der Waals surface area contributed by atoms with Gasteiger partial charge in [-0.1, -0.05) is 29.8 Å². The zero-order valence-corrected chi connectivity index (χ0v) is 26.5. The van der Waals surface area contributed by atoms with E-state index >= 15 is 0 Å². The van der Waals surface area contributed by atoms with Crippen LogP contribution in [0, 0.1) is 27.7 Å². The Morgan fingerprint density at radius 3 is 2.53 bits per heavy atom. The van der Waals surface area contributed by atoms with Gasteiger partial charge in [0.15, 0.2) is 6.23 Å². The molecule has 5 rings (SSSR count). The number of hydrogen-bond acceptors (Lipinski definition) is 5. The molecule has 0 saturated heterocycles. The molecule has 1 aliphatic carbocycles. The van der Waals surface area contributed by atoms with Crippen LogP contribution in [-0.2, 0) is 16.4 Å². The number of aliphatic hydroxyl groups is 1. The fourth-order valence-corrected chi connectivity index (χ4v) is 6.79. The molecule has 1 unspecified atom stereocenters. The first-order valence-corrected chi connectivity index (χ1v) is 16.6. The van der Waals surface area contributed by atoms with Gasteiger partial charge in [-0.3, -0.25) is 4.79 Å². The van der Waals surface area contributed by atoms with E-state index in [1.54, 1.807) is 0 Å². The summed E-state index contributed by atoms with van der Waals surface area (Å²) >= 11 is 6.27. The fourth-order valence-electron chi connectivity index (χ4n) is 5.74. The highest BCUT2D eigenvalue weighted by molar-refractivity contribution is 7.89. The number of ether oxygens (including phenoxy) is 1. The molecule has 0 bridgehead atoms. The normalized spacial score (nSPS) is 14.3. The van der Waals surface area contributed by atoms with E-state index in [2.05, 4.69) is 19.6 Å². The minimum absolute atomic E-state index is 0.0888. The molecular weight excluding hydrogens is 588 g/mol. The lowest BCUT2D eigenvalue weighted by Crippen LogP contribution is -2.36. The van der Waals surface area contributed by atoms with Crippen molar-refractivity contribution in [3.63, 3.8) is 0 Å². The number of hydrogen-bond donors (Lipinski definition) is 4. The summed E-state index contributed by atoms with van der Waals surface area (Å²) in [5.74, 6) is 0.0598. The molecule has 1 amide bonds. The number of nitrogens with zero attached hydrogens (tertiary/aromatic N) is 1. The van der Waals surface area contributed by atoms with E-state index in [9.17, 15) is 18.3 Å². The minimum Gasteiger partial charge on any atom is -0.494 e. The fraction of sp³-hybridized carbons (Fsp3) is 0.406. The number of rotatable bonds is 13. The van der Waals surface area contributed by atoms with Gasteiger partial charge in [0.1, 0.15) is 5.75 Å². The third-order valence-corrected chi connectivity index (χ3v) is 9.88. The Bertz CT molecular complexity index is 1730. The number of halogens is 1. The summed E-state index contributed by atoms with van der Waals surface area (Å²) in [7, 11) is -3.93. The van der Waals surface area contributed by atoms with E-state index < -0.39 is 16.3 Å². The lowest BCUT2D eigenvalue weighted by molar-refractivity contribution is 0.0955. The van der Waals surface area contributed by atoms with Gasteiger partial charge in [-0.25, -0.2) is 8.42 Å². The Kier molecular flexibility index (Phi) is 9.22. The van der Waals surface area contributed by atoms with Gasteiger partial charge in [0.25, 0.3) is 5.91 Å². The molecule has 43 heavy (non-hydrogen) atoms. The lowest BCUT2D eigenvalue weighted by atomic mass is 10.0. The number of aromatic nitrogens is 2. The number of carbonyl (C=O) groups excluding carboxylic acids is 1. The monoisotopic (exact) mass is 626 g/mol. The number of amides is 1. The second-order valence-corrected chi connectivity index (χ2v) is 13.6. The molecule has 4 N–H and O–H groups in total. The van der Waals surface area contributed by atoms with Crippen LogP contribution in [0.25, 0.3) is 10.9 Å². The van der Waals surface area contributed by atoms with Gasteiger partial charge in [0.05, 0.1) is 23.6 Å². The number of carbonyl (C=O) groups is 1. The summed E-state index contributed by atoms with van der Waals surface area (Å²) < 4.78 is 36.3. The zero-order valence-electron chi connectivity index (χ0n) is 25.0. The number of nitrogens with one attached hydrogen (secondary N) is 3. The third kappa shape index (κ3) is 7.09. The van der Waals surface area contributed by atoms with Crippen molar-refractivity contribution in [2.75, 3.05) is 18.9 Å². The average molecular weight is 627 g/mol. The van der Waals surface area contributed by atoms with Gasteiger partial charge in [-0.15, -0.1) is 0 Å². The topological polar surface area (TPSA) is 125 Å². The van der Waals surface area contributed by atoms with E-state index in [1.807, 2.05) is 70.2 Å². The second-order valence-electron chi connectivity index (χ2n) is 11.4. The molecule has 2 heterocycles. The standard InChI is InChI=1S/C32H39ClN4O5S/c1-19-16-24(17-20(2)29(19)33)42-14-7-9-26-25-8-5-6-10-28(25)35-30(26)32(39)36-43(40,41)15-13-34-31(38)27-18-21(3)37(22(27)4)23-11-12-23/h5-6,8,10,16-18,23,32,35-36,39H,7,9,11-15H2,1-4H3,(H,34,38). The van der Waals surface area contributed by atoms with E-state index in [1.165, 1.54) is 0 Å². The number of aromatic amines is 1. The molecule has 0 spiro atoms. The van der Waals surface area contributed by atoms with Crippen molar-refractivity contribution < 1.29 is 23.1 Å². The highest BCUT2D eigenvalue weighted by Crippen LogP contribution is 2.38. The van der Waals surface area contributed by atoms with Gasteiger partial charge in [-0.2, -0.15) is 4.72 Å². The van der Waals surface area contributed by atoms with Crippen molar-refractivity contribution in [3.05, 3.63) is 86.8 Å². The van der Waals surface area contributed by atoms with Crippen LogP contribution in [0.3, 0.4) is 0 Å². The van der Waals surface area contributed by atoms with E-state index in [0.29, 0.717) is 36.7 Å². The van der Waals surface area contributed by atoms with E-state index in [-0.39, 0.29) is 18.2 Å². The molecule has 0 radical (unpaired) electrons. The zero-order chi connectivity index (χ0) is 30.9. The highest BCUT2D eigenvalue weighted by atomic mass is 35.5. The summed E-state index contributed by atoms with van der Waals surface area (Å²) in [5, 5.41) is 15.4. The van der Waals surface area contributed by atoms with Crippen molar-refractivity contribution in [2.45, 2.75) is 65.6 Å². The predicted octanol–water partition coefficient (Wildman–Crippen LogP) is 5.54. The van der Waals surface area contributed by atoms with Gasteiger partial charge >= 0.3 is 0 Å². The van der Waals surface area contributed by atoms with Crippen LogP contribution in [0.2, 0.25) is 5.02 Å². The Labute approximate surface area is 257 Å². The number of H-pyrrole nitrogens is 1. The summed E-state index contributed by atoms with van der Waals surface area (Å²) in [6, 6.07) is 13.7. The number of sulfonamides is 1. The maximum absolute atomic E-state index is 12.9. The summed E-state index contributed by atoms with van der Waals surface area (Å²) in [4.78, 5) is 16.0. The van der Waals surface area contributed by atoms with Crippen LogP contribution in [0.5, 0.6) is 5.75 Å². The molecule has 1 aliphatic rings. The van der Waals surface area contributed by atoms with Crippen LogP contribution in [0.1, 0.15) is 75.7 Å². The molecule has 0 aliphatic heterocycles. The SMILES string of the molecule is Cc1cc(OCCCc2c(C(O)NS(=O)(=O)CCNC(=O)c3cc(C)n(C4CC4)c3C)[nH]c3ccccc23)cc(C)c1Cl. The van der Waals surface area contributed by atoms with Crippen molar-refractivity contribution in [2.24, 2.45) is 0 Å². The molecule has 1 saturated carbocycles. The van der Waals surface area contributed by atoms with E-state index in [4.69, 9.17) is 16.3 Å². The molecule has 1 atom stereocenters. The Morgan fingerprint density at radius 1 is 1.14 bits per heavy atom. The first-order valence-electron chi connectivity index (χ1n) is 14.6. The molecule has 4 aromatic rings. The molecule has 2 aromatic carbocycles. The molecular formula is C32H39ClN4O5S. The number of benzene rings is 2. The number of aliphatic hydroxyl groups excluding tert-OH is 1. The van der Waals surface area contributed by atoms with Crippen molar-refractivity contribution >= 4 is 38.4 Å². The van der Waals surface area contributed by atoms with Gasteiger partial charge in [0.2, 0.25) is 10.0 Å². The van der Waals surface area contributed by atoms with Gasteiger partial charge in [0, 0.05) is 39.9 Å². The largest absolute Gasteiger partial charge is 0.494 e. The predicted molar refractivity (Wildman–Crippen MR) is 169 cm³/mol. The lowest BCUT2D eigenvalue weighted by Gasteiger charge is -2.15. The van der Waals surface area contributed by atoms with Crippen molar-refractivity contribution in [1.29, 1.82) is 0 Å². The maximum atomic E-state index is 12.9. The maximum Gasteiger partial charge on any atom is 0.253 e. The van der Waals surface area contributed by atoms with Crippen LogP contribution >= 0.6 is 11.6 Å². The number of aryl methyl sites for hydroxylation is 4.